The minimum Gasteiger partial charge on any atom is -0.399 e. The second-order valence-electron chi connectivity index (χ2n) is 5.92. The van der Waals surface area contributed by atoms with Gasteiger partial charge >= 0.3 is 0 Å². The highest BCUT2D eigenvalue weighted by atomic mass is 15.1. The number of nitrogens with two attached hydrogens (primary N) is 1. The monoisotopic (exact) mass is 244 g/mol. The van der Waals surface area contributed by atoms with E-state index < -0.39 is 0 Å². The zero-order valence-electron chi connectivity index (χ0n) is 11.4. The van der Waals surface area contributed by atoms with E-state index in [2.05, 4.69) is 30.0 Å². The summed E-state index contributed by atoms with van der Waals surface area (Å²) >= 11 is 0. The second-order valence-corrected chi connectivity index (χ2v) is 5.92. The molecule has 1 aliphatic heterocycles. The van der Waals surface area contributed by atoms with Gasteiger partial charge in [0.25, 0.3) is 0 Å². The molecule has 1 heterocycles. The van der Waals surface area contributed by atoms with Gasteiger partial charge < -0.3 is 10.6 Å². The fourth-order valence-electron chi connectivity index (χ4n) is 3.17. The van der Waals surface area contributed by atoms with Crippen molar-refractivity contribution in [3.8, 4) is 0 Å². The van der Waals surface area contributed by atoms with E-state index in [1.54, 1.807) is 0 Å². The molecule has 0 radical (unpaired) electrons. The maximum atomic E-state index is 6.07. The summed E-state index contributed by atoms with van der Waals surface area (Å²) < 4.78 is 0. The van der Waals surface area contributed by atoms with Gasteiger partial charge in [-0.05, 0) is 80.4 Å². The molecule has 0 amide bonds. The Balaban J connectivity index is 1.75. The molecule has 1 aromatic carbocycles. The van der Waals surface area contributed by atoms with E-state index >= 15 is 0 Å². The van der Waals surface area contributed by atoms with Crippen molar-refractivity contribution in [1.82, 2.24) is 4.90 Å². The lowest BCUT2D eigenvalue weighted by atomic mass is 9.87. The molecule has 2 heteroatoms. The van der Waals surface area contributed by atoms with Crippen molar-refractivity contribution >= 4 is 5.69 Å². The molecule has 0 spiro atoms. The van der Waals surface area contributed by atoms with Crippen LogP contribution < -0.4 is 5.73 Å². The lowest BCUT2D eigenvalue weighted by Crippen LogP contribution is -2.32. The minimum absolute atomic E-state index is 0.730. The summed E-state index contributed by atoms with van der Waals surface area (Å²) in [6.45, 7) is 5.94. The van der Waals surface area contributed by atoms with Gasteiger partial charge in [-0.15, -0.1) is 0 Å². The molecule has 1 saturated heterocycles. The van der Waals surface area contributed by atoms with Crippen LogP contribution in [0.3, 0.4) is 0 Å². The van der Waals surface area contributed by atoms with Crippen LogP contribution in [0.4, 0.5) is 5.69 Å². The zero-order valence-corrected chi connectivity index (χ0v) is 11.4. The Bertz CT molecular complexity index is 415. The van der Waals surface area contributed by atoms with Crippen molar-refractivity contribution in [2.45, 2.75) is 44.4 Å². The largest absolute Gasteiger partial charge is 0.399 e. The summed E-state index contributed by atoms with van der Waals surface area (Å²) in [5.74, 6) is 1.54. The number of hydrogen-bond donors (Lipinski definition) is 1. The lowest BCUT2D eigenvalue weighted by molar-refractivity contribution is 0.222. The molecule has 2 aliphatic rings. The highest BCUT2D eigenvalue weighted by molar-refractivity contribution is 5.47. The van der Waals surface area contributed by atoms with E-state index in [0.29, 0.717) is 0 Å². The summed E-state index contributed by atoms with van der Waals surface area (Å²) in [5.41, 5.74) is 10.0. The maximum absolute atomic E-state index is 6.07. The van der Waals surface area contributed by atoms with Crippen molar-refractivity contribution < 1.29 is 0 Å². The molecule has 18 heavy (non-hydrogen) atoms. The quantitative estimate of drug-likeness (QED) is 0.826. The van der Waals surface area contributed by atoms with Gasteiger partial charge in [0.1, 0.15) is 0 Å². The van der Waals surface area contributed by atoms with E-state index in [0.717, 1.165) is 17.5 Å². The van der Waals surface area contributed by atoms with Gasteiger partial charge in [0.15, 0.2) is 0 Å². The first-order valence-corrected chi connectivity index (χ1v) is 7.39. The number of rotatable bonds is 3. The summed E-state index contributed by atoms with van der Waals surface area (Å²) in [7, 11) is 0. The van der Waals surface area contributed by atoms with Gasteiger partial charge in [-0.1, -0.05) is 13.0 Å². The summed E-state index contributed by atoms with van der Waals surface area (Å²) in [4.78, 5) is 2.55. The van der Waals surface area contributed by atoms with Crippen LogP contribution in [0.1, 0.15) is 55.6 Å². The smallest absolute Gasteiger partial charge is 0.0319 e. The standard InChI is InChI=1S/C16H24N2/c1-2-18-7-5-13(6-8-18)15-9-14(12-3-4-12)10-16(17)11-15/h9-13H,2-8,17H2,1H3. The molecule has 0 aromatic heterocycles. The molecule has 0 atom stereocenters. The third kappa shape index (κ3) is 2.54. The van der Waals surface area contributed by atoms with E-state index in [1.807, 2.05) is 0 Å². The predicted octanol–water partition coefficient (Wildman–Crippen LogP) is 3.35. The van der Waals surface area contributed by atoms with Crippen LogP contribution in [0, 0.1) is 0 Å². The van der Waals surface area contributed by atoms with Crippen LogP contribution in [-0.4, -0.2) is 24.5 Å². The van der Waals surface area contributed by atoms with Gasteiger partial charge in [0.2, 0.25) is 0 Å². The van der Waals surface area contributed by atoms with Crippen LogP contribution in [0.25, 0.3) is 0 Å². The summed E-state index contributed by atoms with van der Waals surface area (Å²) in [6, 6.07) is 6.82. The van der Waals surface area contributed by atoms with Crippen molar-refractivity contribution in [2.24, 2.45) is 0 Å². The maximum Gasteiger partial charge on any atom is 0.0319 e. The Kier molecular flexibility index (Phi) is 3.29. The molecule has 1 saturated carbocycles. The minimum atomic E-state index is 0.730. The van der Waals surface area contributed by atoms with E-state index in [9.17, 15) is 0 Å². The highest BCUT2D eigenvalue weighted by Gasteiger charge is 2.26. The summed E-state index contributed by atoms with van der Waals surface area (Å²) in [5, 5.41) is 0. The van der Waals surface area contributed by atoms with Crippen molar-refractivity contribution in [1.29, 1.82) is 0 Å². The Hall–Kier alpha value is -1.02. The van der Waals surface area contributed by atoms with Crippen LogP contribution >= 0.6 is 0 Å². The van der Waals surface area contributed by atoms with E-state index in [-0.39, 0.29) is 0 Å². The summed E-state index contributed by atoms with van der Waals surface area (Å²) in [6.07, 6.45) is 5.30. The zero-order chi connectivity index (χ0) is 12.5. The van der Waals surface area contributed by atoms with E-state index in [4.69, 9.17) is 5.73 Å². The first kappa shape index (κ1) is 12.0. The second kappa shape index (κ2) is 4.93. The van der Waals surface area contributed by atoms with Crippen molar-refractivity contribution in [3.63, 3.8) is 0 Å². The molecular weight excluding hydrogens is 220 g/mol. The average Bonchev–Trinajstić information content (AvgIpc) is 3.22. The van der Waals surface area contributed by atoms with Crippen molar-refractivity contribution in [2.75, 3.05) is 25.4 Å². The molecular formula is C16H24N2. The number of nitrogens with zero attached hydrogens (tertiary/aromatic N) is 1. The van der Waals surface area contributed by atoms with E-state index in [1.165, 1.54) is 56.4 Å². The average molecular weight is 244 g/mol. The fraction of sp³-hybridized carbons (Fsp3) is 0.625. The molecule has 2 fully saturated rings. The number of piperidine rings is 1. The molecule has 0 unspecified atom stereocenters. The van der Waals surface area contributed by atoms with Gasteiger partial charge in [-0.3, -0.25) is 0 Å². The number of anilines is 1. The molecule has 3 rings (SSSR count). The molecule has 2 N–H and O–H groups in total. The van der Waals surface area contributed by atoms with Crippen LogP contribution in [0.5, 0.6) is 0 Å². The van der Waals surface area contributed by atoms with Crippen LogP contribution in [0.15, 0.2) is 18.2 Å². The molecule has 98 valence electrons. The third-order valence-electron chi connectivity index (χ3n) is 4.55. The number of likely N-dealkylation sites (tertiary alicyclic amines) is 1. The Labute approximate surface area is 110 Å². The highest BCUT2D eigenvalue weighted by Crippen LogP contribution is 2.42. The Morgan fingerprint density at radius 1 is 1.00 bits per heavy atom. The number of benzene rings is 1. The topological polar surface area (TPSA) is 29.3 Å². The Morgan fingerprint density at radius 3 is 2.06 bits per heavy atom. The first-order valence-electron chi connectivity index (χ1n) is 7.39. The van der Waals surface area contributed by atoms with Gasteiger partial charge in [-0.2, -0.15) is 0 Å². The fourth-order valence-corrected chi connectivity index (χ4v) is 3.17. The normalized spacial score (nSPS) is 22.3. The van der Waals surface area contributed by atoms with Gasteiger partial charge in [0.05, 0.1) is 0 Å². The van der Waals surface area contributed by atoms with Crippen LogP contribution in [-0.2, 0) is 0 Å². The van der Waals surface area contributed by atoms with Crippen molar-refractivity contribution in [3.05, 3.63) is 29.3 Å². The number of nitrogen functional groups attached to an aromatic ring is 1. The third-order valence-corrected chi connectivity index (χ3v) is 4.55. The SMILES string of the molecule is CCN1CCC(c2cc(N)cc(C3CC3)c2)CC1. The van der Waals surface area contributed by atoms with Gasteiger partial charge in [0, 0.05) is 5.69 Å². The Morgan fingerprint density at radius 2 is 1.56 bits per heavy atom. The molecule has 0 bridgehead atoms. The molecule has 1 aromatic rings. The van der Waals surface area contributed by atoms with Crippen LogP contribution in [0.2, 0.25) is 0 Å². The lowest BCUT2D eigenvalue weighted by Gasteiger charge is -2.31. The molecule has 1 aliphatic carbocycles. The predicted molar refractivity (Wildman–Crippen MR) is 76.9 cm³/mol. The number of hydrogen-bond acceptors (Lipinski definition) is 2. The van der Waals surface area contributed by atoms with Gasteiger partial charge in [-0.25, -0.2) is 0 Å². The molecule has 2 nitrogen and oxygen atoms in total. The first-order chi connectivity index (χ1) is 8.76.